The number of rotatable bonds is 2. The van der Waals surface area contributed by atoms with Crippen LogP contribution in [0.15, 0.2) is 54.4 Å². The highest BCUT2D eigenvalue weighted by molar-refractivity contribution is 5.27. The van der Waals surface area contributed by atoms with Crippen LogP contribution in [-0.2, 0) is 0 Å². The topological polar surface area (TPSA) is 21.3 Å². The van der Waals surface area contributed by atoms with Crippen molar-refractivity contribution in [1.82, 2.24) is 5.32 Å². The van der Waals surface area contributed by atoms with E-state index in [9.17, 15) is 0 Å². The van der Waals surface area contributed by atoms with Crippen LogP contribution in [0.3, 0.4) is 0 Å². The minimum Gasteiger partial charge on any atom is -0.458 e. The quantitative estimate of drug-likeness (QED) is 0.739. The maximum atomic E-state index is 5.59. The molecule has 0 saturated carbocycles. The summed E-state index contributed by atoms with van der Waals surface area (Å²) in [5.74, 6) is 1.77. The van der Waals surface area contributed by atoms with Crippen molar-refractivity contribution in [1.29, 1.82) is 0 Å². The van der Waals surface area contributed by atoms with Crippen LogP contribution in [0.25, 0.3) is 0 Å². The van der Waals surface area contributed by atoms with E-state index in [0.29, 0.717) is 0 Å². The maximum Gasteiger partial charge on any atom is 0.127 e. The molecule has 0 radical (unpaired) electrons. The molecule has 0 spiro atoms. The molecule has 1 aromatic rings. The van der Waals surface area contributed by atoms with Gasteiger partial charge in [-0.3, -0.25) is 0 Å². The van der Waals surface area contributed by atoms with Gasteiger partial charge in [0.15, 0.2) is 0 Å². The van der Waals surface area contributed by atoms with E-state index in [1.165, 1.54) is 0 Å². The molecular weight excluding hydrogens is 162 g/mol. The molecule has 1 aliphatic heterocycles. The Morgan fingerprint density at radius 1 is 1.15 bits per heavy atom. The molecule has 2 heteroatoms. The number of hydrogen-bond acceptors (Lipinski definition) is 2. The van der Waals surface area contributed by atoms with Crippen molar-refractivity contribution in [3.05, 3.63) is 54.4 Å². The van der Waals surface area contributed by atoms with Gasteiger partial charge in [-0.1, -0.05) is 18.2 Å². The molecule has 0 unspecified atom stereocenters. The fourth-order valence-corrected chi connectivity index (χ4v) is 1.14. The van der Waals surface area contributed by atoms with E-state index in [4.69, 9.17) is 4.74 Å². The normalized spacial score (nSPS) is 14.6. The minimum absolute atomic E-state index is 0.832. The lowest BCUT2D eigenvalue weighted by Gasteiger charge is -2.09. The lowest BCUT2D eigenvalue weighted by atomic mass is 10.3. The molecule has 0 fully saturated rings. The summed E-state index contributed by atoms with van der Waals surface area (Å²) in [5, 5.41) is 3.06. The van der Waals surface area contributed by atoms with Gasteiger partial charge in [-0.05, 0) is 24.3 Å². The highest BCUT2D eigenvalue weighted by Gasteiger charge is 1.98. The first-order chi connectivity index (χ1) is 6.45. The number of ether oxygens (including phenoxy) is 1. The number of allylic oxidation sites excluding steroid dienone is 1. The first-order valence-electron chi connectivity index (χ1n) is 4.28. The summed E-state index contributed by atoms with van der Waals surface area (Å²) in [6, 6.07) is 9.77. The lowest BCUT2D eigenvalue weighted by molar-refractivity contribution is 0.439. The van der Waals surface area contributed by atoms with Crippen LogP contribution in [0.2, 0.25) is 0 Å². The van der Waals surface area contributed by atoms with Crippen molar-refractivity contribution in [2.75, 3.05) is 6.54 Å². The Hall–Kier alpha value is -1.70. The van der Waals surface area contributed by atoms with Gasteiger partial charge < -0.3 is 10.1 Å². The van der Waals surface area contributed by atoms with Gasteiger partial charge in [0.1, 0.15) is 11.5 Å². The Morgan fingerprint density at radius 2 is 2.00 bits per heavy atom. The summed E-state index contributed by atoms with van der Waals surface area (Å²) >= 11 is 0. The van der Waals surface area contributed by atoms with Gasteiger partial charge in [0.2, 0.25) is 0 Å². The standard InChI is InChI=1S/C11H11NO/c1-2-4-10(5-3-1)13-11-6-8-12-9-7-11/h1-8,12H,9H2. The fraction of sp³-hybridized carbons (Fsp3) is 0.0909. The van der Waals surface area contributed by atoms with Crippen LogP contribution in [0.4, 0.5) is 0 Å². The van der Waals surface area contributed by atoms with E-state index in [1.807, 2.05) is 48.7 Å². The third kappa shape index (κ3) is 2.12. The third-order valence-corrected chi connectivity index (χ3v) is 1.77. The number of benzene rings is 1. The van der Waals surface area contributed by atoms with Crippen LogP contribution in [0, 0.1) is 0 Å². The molecule has 2 rings (SSSR count). The minimum atomic E-state index is 0.832. The van der Waals surface area contributed by atoms with Gasteiger partial charge >= 0.3 is 0 Å². The Kier molecular flexibility index (Phi) is 2.32. The van der Waals surface area contributed by atoms with Gasteiger partial charge in [-0.15, -0.1) is 0 Å². The van der Waals surface area contributed by atoms with Gasteiger partial charge in [-0.2, -0.15) is 0 Å². The molecule has 1 aliphatic rings. The zero-order valence-electron chi connectivity index (χ0n) is 7.23. The molecule has 2 nitrogen and oxygen atoms in total. The van der Waals surface area contributed by atoms with E-state index in [-0.39, 0.29) is 0 Å². The average molecular weight is 173 g/mol. The third-order valence-electron chi connectivity index (χ3n) is 1.77. The van der Waals surface area contributed by atoms with Crippen molar-refractivity contribution in [3.8, 4) is 5.75 Å². The van der Waals surface area contributed by atoms with Crippen LogP contribution >= 0.6 is 0 Å². The summed E-state index contributed by atoms with van der Waals surface area (Å²) in [7, 11) is 0. The first kappa shape index (κ1) is 7.92. The number of para-hydroxylation sites is 1. The average Bonchev–Trinajstić information content (AvgIpc) is 2.21. The van der Waals surface area contributed by atoms with Crippen molar-refractivity contribution in [2.24, 2.45) is 0 Å². The van der Waals surface area contributed by atoms with E-state index >= 15 is 0 Å². The predicted molar refractivity (Wildman–Crippen MR) is 52.3 cm³/mol. The number of dihydropyridines is 1. The molecule has 13 heavy (non-hydrogen) atoms. The van der Waals surface area contributed by atoms with Crippen LogP contribution < -0.4 is 10.1 Å². The molecule has 0 amide bonds. The Labute approximate surface area is 77.5 Å². The number of nitrogens with one attached hydrogen (secondary N) is 1. The molecule has 0 atom stereocenters. The zero-order chi connectivity index (χ0) is 8.93. The predicted octanol–water partition coefficient (Wildman–Crippen LogP) is 2.07. The largest absolute Gasteiger partial charge is 0.458 e. The Bertz CT molecular complexity index is 327. The Balaban J connectivity index is 2.06. The van der Waals surface area contributed by atoms with Crippen molar-refractivity contribution >= 4 is 0 Å². The summed E-state index contributed by atoms with van der Waals surface area (Å²) in [6.45, 7) is 0.832. The van der Waals surface area contributed by atoms with Gasteiger partial charge in [0.05, 0.1) is 0 Å². The van der Waals surface area contributed by atoms with Gasteiger partial charge in [-0.25, -0.2) is 0 Å². The SMILES string of the molecule is C1=CC(Oc2ccccc2)=CCN1. The molecule has 1 N–H and O–H groups in total. The molecule has 66 valence electrons. The highest BCUT2D eigenvalue weighted by Crippen LogP contribution is 2.13. The molecule has 0 bridgehead atoms. The molecule has 1 aromatic carbocycles. The van der Waals surface area contributed by atoms with Crippen LogP contribution in [-0.4, -0.2) is 6.54 Å². The van der Waals surface area contributed by atoms with Gasteiger partial charge in [0, 0.05) is 12.7 Å². The second-order valence-corrected chi connectivity index (χ2v) is 2.76. The molecule has 1 heterocycles. The molecular formula is C11H11NO. The first-order valence-corrected chi connectivity index (χ1v) is 4.28. The molecule has 0 aromatic heterocycles. The second kappa shape index (κ2) is 3.81. The van der Waals surface area contributed by atoms with E-state index in [0.717, 1.165) is 18.1 Å². The maximum absolute atomic E-state index is 5.59. The van der Waals surface area contributed by atoms with E-state index in [2.05, 4.69) is 5.32 Å². The summed E-state index contributed by atoms with van der Waals surface area (Å²) in [4.78, 5) is 0. The zero-order valence-corrected chi connectivity index (χ0v) is 7.23. The van der Waals surface area contributed by atoms with Crippen LogP contribution in [0.5, 0.6) is 5.75 Å². The van der Waals surface area contributed by atoms with E-state index in [1.54, 1.807) is 0 Å². The van der Waals surface area contributed by atoms with Crippen molar-refractivity contribution < 1.29 is 4.74 Å². The summed E-state index contributed by atoms with van der Waals surface area (Å²) in [6.07, 6.45) is 5.81. The molecule has 0 aliphatic carbocycles. The summed E-state index contributed by atoms with van der Waals surface area (Å²) < 4.78 is 5.59. The molecule has 0 saturated heterocycles. The van der Waals surface area contributed by atoms with Crippen molar-refractivity contribution in [2.45, 2.75) is 0 Å². The highest BCUT2D eigenvalue weighted by atomic mass is 16.5. The van der Waals surface area contributed by atoms with Crippen molar-refractivity contribution in [3.63, 3.8) is 0 Å². The fourth-order valence-electron chi connectivity index (χ4n) is 1.14. The van der Waals surface area contributed by atoms with E-state index < -0.39 is 0 Å². The summed E-state index contributed by atoms with van der Waals surface area (Å²) in [5.41, 5.74) is 0. The second-order valence-electron chi connectivity index (χ2n) is 2.76. The smallest absolute Gasteiger partial charge is 0.127 e. The lowest BCUT2D eigenvalue weighted by Crippen LogP contribution is -2.10. The van der Waals surface area contributed by atoms with Gasteiger partial charge in [0.25, 0.3) is 0 Å². The van der Waals surface area contributed by atoms with Crippen LogP contribution in [0.1, 0.15) is 0 Å². The number of hydrogen-bond donors (Lipinski definition) is 1. The Morgan fingerprint density at radius 3 is 2.69 bits per heavy atom. The monoisotopic (exact) mass is 173 g/mol.